The van der Waals surface area contributed by atoms with Crippen LogP contribution in [0.1, 0.15) is 92.4 Å². The summed E-state index contributed by atoms with van der Waals surface area (Å²) in [5.74, 6) is 1.22. The summed E-state index contributed by atoms with van der Waals surface area (Å²) in [6, 6.07) is 9.22. The number of aromatic nitrogens is 9. The number of hydrogen-bond acceptors (Lipinski definition) is 6. The molecule has 194 valence electrons. The molecular weight excluding hydrogens is 462 g/mol. The van der Waals surface area contributed by atoms with E-state index in [4.69, 9.17) is 10.2 Å². The molecule has 0 aliphatic carbocycles. The molecule has 5 rings (SSSR count). The smallest absolute Gasteiger partial charge is 0.207 e. The molecule has 9 heteroatoms. The Labute approximate surface area is 217 Å². The fourth-order valence-electron chi connectivity index (χ4n) is 4.43. The maximum atomic E-state index is 4.72. The summed E-state index contributed by atoms with van der Waals surface area (Å²) in [6.07, 6.45) is 0. The molecule has 1 N–H and O–H groups in total. The predicted octanol–water partition coefficient (Wildman–Crippen LogP) is 6.38. The molecule has 0 saturated carbocycles. The van der Waals surface area contributed by atoms with E-state index >= 15 is 0 Å². The van der Waals surface area contributed by atoms with Crippen LogP contribution in [0.25, 0.3) is 44.6 Å². The Morgan fingerprint density at radius 2 is 1.00 bits per heavy atom. The van der Waals surface area contributed by atoms with E-state index in [9.17, 15) is 0 Å². The topological polar surface area (TPSA) is 103 Å². The van der Waals surface area contributed by atoms with Gasteiger partial charge in [-0.05, 0) is 84.3 Å². The van der Waals surface area contributed by atoms with E-state index in [2.05, 4.69) is 91.4 Å². The van der Waals surface area contributed by atoms with Crippen LogP contribution in [0.2, 0.25) is 0 Å². The van der Waals surface area contributed by atoms with Crippen molar-refractivity contribution < 1.29 is 0 Å². The molecule has 0 spiro atoms. The minimum absolute atomic E-state index is 0.0629. The number of tetrazole rings is 2. The monoisotopic (exact) mass is 499 g/mol. The van der Waals surface area contributed by atoms with Crippen molar-refractivity contribution in [2.24, 2.45) is 0 Å². The summed E-state index contributed by atoms with van der Waals surface area (Å²) in [6.45, 7) is 21.6. The van der Waals surface area contributed by atoms with E-state index in [1.807, 2.05) is 27.7 Å². The van der Waals surface area contributed by atoms with Crippen LogP contribution in [0.15, 0.2) is 24.3 Å². The second kappa shape index (κ2) is 8.46. The quantitative estimate of drug-likeness (QED) is 0.307. The molecule has 2 aromatic carbocycles. The maximum Gasteiger partial charge on any atom is 0.207 e. The molecule has 0 fully saturated rings. The normalized spacial score (nSPS) is 13.1. The highest BCUT2D eigenvalue weighted by Crippen LogP contribution is 2.41. The number of benzene rings is 2. The molecule has 5 aromatic rings. The van der Waals surface area contributed by atoms with Gasteiger partial charge in [0.05, 0.1) is 23.1 Å². The first-order chi connectivity index (χ1) is 17.2. The van der Waals surface area contributed by atoms with E-state index in [0.29, 0.717) is 11.6 Å². The van der Waals surface area contributed by atoms with E-state index < -0.39 is 0 Å². The number of nitrogens with zero attached hydrogens (tertiary/aromatic N) is 8. The third-order valence-corrected chi connectivity index (χ3v) is 6.81. The third kappa shape index (κ3) is 4.40. The second-order valence-corrected chi connectivity index (χ2v) is 12.6. The Kier molecular flexibility index (Phi) is 5.73. The minimum Gasteiger partial charge on any atom is -0.353 e. The lowest BCUT2D eigenvalue weighted by Crippen LogP contribution is -2.11. The average Bonchev–Trinajstić information content (AvgIpc) is 3.54. The van der Waals surface area contributed by atoms with Gasteiger partial charge in [-0.15, -0.1) is 20.4 Å². The zero-order valence-electron chi connectivity index (χ0n) is 23.5. The Morgan fingerprint density at radius 1 is 0.622 bits per heavy atom. The first kappa shape index (κ1) is 25.0. The number of rotatable bonds is 4. The Bertz CT molecular complexity index is 1480. The largest absolute Gasteiger partial charge is 0.353 e. The van der Waals surface area contributed by atoms with Crippen molar-refractivity contribution in [1.82, 2.24) is 45.4 Å². The van der Waals surface area contributed by atoms with Gasteiger partial charge in [0.1, 0.15) is 0 Å². The van der Waals surface area contributed by atoms with Gasteiger partial charge in [0.25, 0.3) is 0 Å². The van der Waals surface area contributed by atoms with Crippen LogP contribution in [0.5, 0.6) is 0 Å². The van der Waals surface area contributed by atoms with Crippen LogP contribution >= 0.6 is 0 Å². The summed E-state index contributed by atoms with van der Waals surface area (Å²) in [5.41, 5.74) is 6.13. The molecule has 0 unspecified atom stereocenters. The van der Waals surface area contributed by atoms with Gasteiger partial charge >= 0.3 is 0 Å². The zero-order chi connectivity index (χ0) is 26.9. The van der Waals surface area contributed by atoms with Crippen LogP contribution in [-0.4, -0.2) is 45.4 Å². The highest BCUT2D eigenvalue weighted by molar-refractivity contribution is 6.15. The minimum atomic E-state index is -0.0629. The number of nitrogens with one attached hydrogen (secondary N) is 1. The van der Waals surface area contributed by atoms with Gasteiger partial charge in [-0.1, -0.05) is 41.5 Å². The molecule has 3 aromatic heterocycles. The highest BCUT2D eigenvalue weighted by Gasteiger charge is 2.25. The number of H-pyrrole nitrogens is 1. The zero-order valence-corrected chi connectivity index (χ0v) is 23.5. The van der Waals surface area contributed by atoms with Gasteiger partial charge in [-0.25, -0.2) is 0 Å². The van der Waals surface area contributed by atoms with Gasteiger partial charge in [-0.3, -0.25) is 0 Å². The van der Waals surface area contributed by atoms with Gasteiger partial charge in [0.2, 0.25) is 11.6 Å². The molecule has 0 atom stereocenters. The van der Waals surface area contributed by atoms with Crippen LogP contribution in [-0.2, 0) is 10.8 Å². The lowest BCUT2D eigenvalue weighted by molar-refractivity contribution is 0.455. The summed E-state index contributed by atoms with van der Waals surface area (Å²) < 4.78 is 0. The van der Waals surface area contributed by atoms with E-state index in [0.717, 1.165) is 32.9 Å². The molecule has 0 saturated heterocycles. The average molecular weight is 500 g/mol. The predicted molar refractivity (Wildman–Crippen MR) is 148 cm³/mol. The Hall–Kier alpha value is -3.62. The first-order valence-corrected chi connectivity index (χ1v) is 13.0. The highest BCUT2D eigenvalue weighted by atomic mass is 15.6. The summed E-state index contributed by atoms with van der Waals surface area (Å²) >= 11 is 0. The summed E-state index contributed by atoms with van der Waals surface area (Å²) in [7, 11) is 0. The van der Waals surface area contributed by atoms with E-state index in [1.165, 1.54) is 11.1 Å². The first-order valence-electron chi connectivity index (χ1n) is 13.0. The van der Waals surface area contributed by atoms with Crippen LogP contribution in [0.3, 0.4) is 0 Å². The molecule has 0 amide bonds. The van der Waals surface area contributed by atoms with Gasteiger partial charge < -0.3 is 4.98 Å². The molecule has 0 bridgehead atoms. The fourth-order valence-corrected chi connectivity index (χ4v) is 4.43. The number of aromatic amines is 1. The molecule has 0 aliphatic rings. The standard InChI is InChI=1S/C28H37N9/c1-15(2)36-32-25(30-34-36)21-13-17(27(5,6)7)11-19-20-12-18(28(8,9)10)14-22(24(20)29-23(19)21)26-31-35-37(33-26)16(3)4/h11-16,29H,1-10H3. The van der Waals surface area contributed by atoms with E-state index in [-0.39, 0.29) is 22.9 Å². The van der Waals surface area contributed by atoms with Crippen molar-refractivity contribution >= 4 is 21.8 Å². The van der Waals surface area contributed by atoms with Crippen molar-refractivity contribution in [2.45, 2.75) is 92.2 Å². The number of hydrogen-bond donors (Lipinski definition) is 1. The SMILES string of the molecule is CC(C)n1nnc(-c2cc(C(C)(C)C)cc3c2[nH]c2c(-c4nnn(C(C)C)n4)cc(C(C)(C)C)cc23)n1. The van der Waals surface area contributed by atoms with Gasteiger partial charge in [-0.2, -0.15) is 9.59 Å². The molecule has 0 aliphatic heterocycles. The molecular formula is C28H37N9. The fraction of sp³-hybridized carbons (Fsp3) is 0.500. The van der Waals surface area contributed by atoms with Gasteiger partial charge in [0, 0.05) is 21.9 Å². The second-order valence-electron chi connectivity index (χ2n) is 12.6. The van der Waals surface area contributed by atoms with Crippen LogP contribution < -0.4 is 0 Å². The van der Waals surface area contributed by atoms with Crippen LogP contribution in [0, 0.1) is 0 Å². The molecule has 0 radical (unpaired) electrons. The van der Waals surface area contributed by atoms with Crippen LogP contribution in [0.4, 0.5) is 0 Å². The van der Waals surface area contributed by atoms with Crippen molar-refractivity contribution in [3.05, 3.63) is 35.4 Å². The van der Waals surface area contributed by atoms with Gasteiger partial charge in [0.15, 0.2) is 0 Å². The lowest BCUT2D eigenvalue weighted by atomic mass is 9.83. The van der Waals surface area contributed by atoms with E-state index in [1.54, 1.807) is 9.59 Å². The van der Waals surface area contributed by atoms with Crippen molar-refractivity contribution in [2.75, 3.05) is 0 Å². The molecule has 3 heterocycles. The Balaban J connectivity index is 1.89. The molecule has 37 heavy (non-hydrogen) atoms. The maximum absolute atomic E-state index is 4.72. The Morgan fingerprint density at radius 3 is 1.30 bits per heavy atom. The van der Waals surface area contributed by atoms with Crippen molar-refractivity contribution in [3.63, 3.8) is 0 Å². The lowest BCUT2D eigenvalue weighted by Gasteiger charge is -2.21. The third-order valence-electron chi connectivity index (χ3n) is 6.81. The van der Waals surface area contributed by atoms with Crippen molar-refractivity contribution in [3.8, 4) is 22.8 Å². The molecule has 9 nitrogen and oxygen atoms in total. The number of fused-ring (bicyclic) bond motifs is 3. The summed E-state index contributed by atoms with van der Waals surface area (Å²) in [4.78, 5) is 7.03. The summed E-state index contributed by atoms with van der Waals surface area (Å²) in [5, 5.41) is 29.2. The van der Waals surface area contributed by atoms with Crippen molar-refractivity contribution in [1.29, 1.82) is 0 Å².